The number of nitrogens with one attached hydrogen (secondary N) is 1. The second-order valence-electron chi connectivity index (χ2n) is 6.81. The lowest BCUT2D eigenvalue weighted by Crippen LogP contribution is -2.36. The molecule has 0 aliphatic carbocycles. The van der Waals surface area contributed by atoms with Gasteiger partial charge in [-0.2, -0.15) is 23.4 Å². The summed E-state index contributed by atoms with van der Waals surface area (Å²) in [5.74, 6) is -1.45. The van der Waals surface area contributed by atoms with Gasteiger partial charge in [0, 0.05) is 16.7 Å². The van der Waals surface area contributed by atoms with E-state index in [9.17, 15) is 22.4 Å². The normalized spacial score (nSPS) is 16.4. The molecule has 11 heteroatoms. The molecule has 2 aromatic carbocycles. The van der Waals surface area contributed by atoms with Crippen LogP contribution < -0.4 is 15.3 Å². The SMILES string of the molecule is Cc1cc(SCC2=NN(c3ccc(C(F)(F)F)c(F)c3)NC2C)ccc1OCC(=O)O. The number of hydrogen-bond donors (Lipinski definition) is 2. The van der Waals surface area contributed by atoms with Gasteiger partial charge in [0.25, 0.3) is 0 Å². The van der Waals surface area contributed by atoms with Crippen LogP contribution in [-0.2, 0) is 11.0 Å². The Bertz CT molecular complexity index is 1010. The van der Waals surface area contributed by atoms with Crippen LogP contribution in [-0.4, -0.2) is 35.2 Å². The molecule has 166 valence electrons. The number of hydrogen-bond acceptors (Lipinski definition) is 6. The number of carbonyl (C=O) groups is 1. The van der Waals surface area contributed by atoms with Crippen molar-refractivity contribution in [2.75, 3.05) is 17.5 Å². The van der Waals surface area contributed by atoms with E-state index in [-0.39, 0.29) is 11.7 Å². The predicted octanol–water partition coefficient (Wildman–Crippen LogP) is 4.48. The van der Waals surface area contributed by atoms with Crippen molar-refractivity contribution in [1.29, 1.82) is 0 Å². The van der Waals surface area contributed by atoms with Gasteiger partial charge >= 0.3 is 12.1 Å². The minimum Gasteiger partial charge on any atom is -0.482 e. The number of aryl methyl sites for hydroxylation is 1. The molecule has 1 heterocycles. The molecule has 0 saturated carbocycles. The number of hydrazone groups is 1. The van der Waals surface area contributed by atoms with Crippen LogP contribution in [0.2, 0.25) is 0 Å². The van der Waals surface area contributed by atoms with E-state index in [2.05, 4.69) is 10.5 Å². The van der Waals surface area contributed by atoms with Crippen molar-refractivity contribution < 1.29 is 32.2 Å². The number of rotatable bonds is 7. The Morgan fingerprint density at radius 1 is 1.29 bits per heavy atom. The lowest BCUT2D eigenvalue weighted by Gasteiger charge is -2.17. The number of carboxylic acid groups (broad SMARTS) is 1. The van der Waals surface area contributed by atoms with Crippen molar-refractivity contribution in [3.8, 4) is 5.75 Å². The van der Waals surface area contributed by atoms with Crippen LogP contribution in [0.3, 0.4) is 0 Å². The third-order valence-electron chi connectivity index (χ3n) is 4.43. The van der Waals surface area contributed by atoms with Gasteiger partial charge in [-0.25, -0.2) is 14.6 Å². The first kappa shape index (κ1) is 22.9. The molecule has 0 fully saturated rings. The van der Waals surface area contributed by atoms with Gasteiger partial charge in [0.1, 0.15) is 11.6 Å². The van der Waals surface area contributed by atoms with Crippen molar-refractivity contribution in [3.05, 3.63) is 53.3 Å². The number of alkyl halides is 3. The summed E-state index contributed by atoms with van der Waals surface area (Å²) >= 11 is 1.48. The number of carboxylic acids is 1. The fourth-order valence-electron chi connectivity index (χ4n) is 2.82. The summed E-state index contributed by atoms with van der Waals surface area (Å²) in [6.45, 7) is 3.22. The molecule has 0 spiro atoms. The Labute approximate surface area is 179 Å². The average Bonchev–Trinajstić information content (AvgIpc) is 3.05. The fraction of sp³-hybridized carbons (Fsp3) is 0.300. The first-order valence-corrected chi connectivity index (χ1v) is 10.1. The molecule has 1 atom stereocenters. The zero-order chi connectivity index (χ0) is 22.8. The Kier molecular flexibility index (Phi) is 6.75. The van der Waals surface area contributed by atoms with Gasteiger partial charge in [0.05, 0.1) is 23.0 Å². The van der Waals surface area contributed by atoms with Crippen LogP contribution >= 0.6 is 11.8 Å². The third-order valence-corrected chi connectivity index (χ3v) is 5.46. The summed E-state index contributed by atoms with van der Waals surface area (Å²) in [4.78, 5) is 11.5. The Morgan fingerprint density at radius 2 is 2.03 bits per heavy atom. The minimum atomic E-state index is -4.76. The number of benzene rings is 2. The Hall–Kier alpha value is -2.79. The average molecular weight is 457 g/mol. The molecule has 2 N–H and O–H groups in total. The topological polar surface area (TPSA) is 74.2 Å². The molecule has 3 rings (SSSR count). The molecule has 0 amide bonds. The summed E-state index contributed by atoms with van der Waals surface area (Å²) in [6, 6.07) is 7.79. The van der Waals surface area contributed by atoms with Crippen molar-refractivity contribution in [1.82, 2.24) is 5.43 Å². The van der Waals surface area contributed by atoms with Crippen LogP contribution in [0.4, 0.5) is 23.2 Å². The predicted molar refractivity (Wildman–Crippen MR) is 109 cm³/mol. The van der Waals surface area contributed by atoms with Crippen LogP contribution in [0.15, 0.2) is 46.4 Å². The van der Waals surface area contributed by atoms with Gasteiger partial charge in [-0.3, -0.25) is 0 Å². The highest BCUT2D eigenvalue weighted by atomic mass is 32.2. The first-order valence-electron chi connectivity index (χ1n) is 9.13. The molecule has 1 aliphatic rings. The van der Waals surface area contributed by atoms with Crippen molar-refractivity contribution in [3.63, 3.8) is 0 Å². The molecular formula is C20H19F4N3O3S. The maximum Gasteiger partial charge on any atom is 0.419 e. The van der Waals surface area contributed by atoms with Crippen molar-refractivity contribution >= 4 is 29.1 Å². The number of halogens is 4. The molecule has 2 aromatic rings. The number of hydrazine groups is 1. The lowest BCUT2D eigenvalue weighted by molar-refractivity contribution is -0.140. The van der Waals surface area contributed by atoms with Crippen LogP contribution in [0.5, 0.6) is 5.75 Å². The molecule has 0 saturated heterocycles. The van der Waals surface area contributed by atoms with Gasteiger partial charge in [0.15, 0.2) is 6.61 Å². The summed E-state index contributed by atoms with van der Waals surface area (Å²) < 4.78 is 57.3. The molecule has 1 aliphatic heterocycles. The molecule has 0 bridgehead atoms. The van der Waals surface area contributed by atoms with Crippen LogP contribution in [0.25, 0.3) is 0 Å². The van der Waals surface area contributed by atoms with E-state index >= 15 is 0 Å². The molecule has 0 radical (unpaired) electrons. The molecular weight excluding hydrogens is 438 g/mol. The van der Waals surface area contributed by atoms with Gasteiger partial charge < -0.3 is 9.84 Å². The van der Waals surface area contributed by atoms with Crippen molar-refractivity contribution in [2.45, 2.75) is 31.0 Å². The summed E-state index contributed by atoms with van der Waals surface area (Å²) in [6.07, 6.45) is -4.76. The Balaban J connectivity index is 1.66. The van der Waals surface area contributed by atoms with E-state index < -0.39 is 30.1 Å². The van der Waals surface area contributed by atoms with Gasteiger partial charge in [-0.1, -0.05) is 0 Å². The van der Waals surface area contributed by atoms with Crippen LogP contribution in [0.1, 0.15) is 18.1 Å². The number of anilines is 1. The number of thioether (sulfide) groups is 1. The summed E-state index contributed by atoms with van der Waals surface area (Å²) in [7, 11) is 0. The number of ether oxygens (including phenoxy) is 1. The first-order chi connectivity index (χ1) is 14.5. The van der Waals surface area contributed by atoms with Gasteiger partial charge in [0.2, 0.25) is 0 Å². The second-order valence-corrected chi connectivity index (χ2v) is 7.86. The van der Waals surface area contributed by atoms with Crippen LogP contribution in [0, 0.1) is 12.7 Å². The van der Waals surface area contributed by atoms with Gasteiger partial charge in [-0.05, 0) is 49.7 Å². The van der Waals surface area contributed by atoms with E-state index in [1.165, 1.54) is 16.9 Å². The standard InChI is InChI=1S/C20H19F4N3O3S/c1-11-7-14(4-6-18(11)30-9-19(28)29)31-10-17-12(2)25-27(26-17)13-3-5-15(16(21)8-13)20(22,23)24/h3-8,12,25H,9-10H2,1-2H3,(H,28,29). The largest absolute Gasteiger partial charge is 0.482 e. The number of aliphatic carboxylic acids is 1. The molecule has 6 nitrogen and oxygen atoms in total. The highest BCUT2D eigenvalue weighted by molar-refractivity contribution is 8.00. The van der Waals surface area contributed by atoms with E-state index in [0.29, 0.717) is 17.6 Å². The maximum absolute atomic E-state index is 13.9. The molecule has 1 unspecified atom stereocenters. The monoisotopic (exact) mass is 457 g/mol. The maximum atomic E-state index is 13.9. The summed E-state index contributed by atoms with van der Waals surface area (Å²) in [5.41, 5.74) is 3.33. The van der Waals surface area contributed by atoms with Crippen molar-refractivity contribution in [2.24, 2.45) is 5.10 Å². The van der Waals surface area contributed by atoms with Gasteiger partial charge in [-0.15, -0.1) is 11.8 Å². The zero-order valence-corrected chi connectivity index (χ0v) is 17.4. The second kappa shape index (κ2) is 9.15. The highest BCUT2D eigenvalue weighted by Crippen LogP contribution is 2.33. The molecule has 0 aromatic heterocycles. The van der Waals surface area contributed by atoms with E-state index in [1.807, 2.05) is 13.0 Å². The van der Waals surface area contributed by atoms with E-state index in [1.54, 1.807) is 19.1 Å². The van der Waals surface area contributed by atoms with E-state index in [0.717, 1.165) is 28.3 Å². The highest BCUT2D eigenvalue weighted by Gasteiger charge is 2.34. The fourth-order valence-corrected chi connectivity index (χ4v) is 3.87. The zero-order valence-electron chi connectivity index (χ0n) is 16.5. The quantitative estimate of drug-likeness (QED) is 0.472. The number of nitrogens with zero attached hydrogens (tertiary/aromatic N) is 2. The molecule has 31 heavy (non-hydrogen) atoms. The van der Waals surface area contributed by atoms with E-state index in [4.69, 9.17) is 9.84 Å². The lowest BCUT2D eigenvalue weighted by atomic mass is 10.2. The summed E-state index contributed by atoms with van der Waals surface area (Å²) in [5, 5.41) is 14.3. The third kappa shape index (κ3) is 5.67. The Morgan fingerprint density at radius 3 is 2.65 bits per heavy atom. The smallest absolute Gasteiger partial charge is 0.419 e. The minimum absolute atomic E-state index is 0.160.